The van der Waals surface area contributed by atoms with Gasteiger partial charge in [0, 0.05) is 12.7 Å². The molecule has 0 amide bonds. The fraction of sp³-hybridized carbons (Fsp3) is 0.154. The molecular formula is C13H13N3O. The minimum absolute atomic E-state index is 0.474. The van der Waals surface area contributed by atoms with Gasteiger partial charge in [0.15, 0.2) is 0 Å². The van der Waals surface area contributed by atoms with E-state index in [1.54, 1.807) is 13.3 Å². The summed E-state index contributed by atoms with van der Waals surface area (Å²) in [6.45, 7) is 0.474. The molecule has 0 aliphatic carbocycles. The summed E-state index contributed by atoms with van der Waals surface area (Å²) in [6.07, 6.45) is 3.80. The molecular weight excluding hydrogens is 214 g/mol. The largest absolute Gasteiger partial charge is 0.496 e. The van der Waals surface area contributed by atoms with Gasteiger partial charge in [-0.1, -0.05) is 12.1 Å². The molecule has 4 heteroatoms. The van der Waals surface area contributed by atoms with Crippen molar-refractivity contribution in [3.63, 3.8) is 0 Å². The van der Waals surface area contributed by atoms with Crippen LogP contribution in [0.4, 0.5) is 0 Å². The van der Waals surface area contributed by atoms with Crippen molar-refractivity contribution in [3.05, 3.63) is 42.4 Å². The average Bonchev–Trinajstić information content (AvgIpc) is 2.80. The lowest BCUT2D eigenvalue weighted by atomic mass is 10.1. The van der Waals surface area contributed by atoms with Crippen LogP contribution in [0.5, 0.6) is 5.75 Å². The van der Waals surface area contributed by atoms with E-state index in [2.05, 4.69) is 11.1 Å². The van der Waals surface area contributed by atoms with Crippen LogP contribution in [0.2, 0.25) is 0 Å². The second-order valence-corrected chi connectivity index (χ2v) is 3.89. The second-order valence-electron chi connectivity index (χ2n) is 3.89. The van der Waals surface area contributed by atoms with E-state index in [0.717, 1.165) is 27.9 Å². The van der Waals surface area contributed by atoms with E-state index >= 15 is 0 Å². The Labute approximate surface area is 98.6 Å². The molecule has 0 atom stereocenters. The first-order valence-electron chi connectivity index (χ1n) is 5.47. The third-order valence-electron chi connectivity index (χ3n) is 2.99. The Kier molecular flexibility index (Phi) is 2.23. The molecule has 0 spiro atoms. The maximum Gasteiger partial charge on any atom is 0.148 e. The minimum Gasteiger partial charge on any atom is -0.496 e. The third kappa shape index (κ3) is 1.38. The molecule has 3 aromatic rings. The van der Waals surface area contributed by atoms with Gasteiger partial charge in [-0.05, 0) is 17.5 Å². The summed E-state index contributed by atoms with van der Waals surface area (Å²) in [5.74, 6) is 0.835. The van der Waals surface area contributed by atoms with Gasteiger partial charge in [0.2, 0.25) is 0 Å². The molecule has 0 fully saturated rings. The van der Waals surface area contributed by atoms with Gasteiger partial charge >= 0.3 is 0 Å². The van der Waals surface area contributed by atoms with E-state index in [1.165, 1.54) is 0 Å². The summed E-state index contributed by atoms with van der Waals surface area (Å²) >= 11 is 0. The number of methoxy groups -OCH3 is 1. The molecule has 1 aromatic carbocycles. The van der Waals surface area contributed by atoms with Crippen LogP contribution in [-0.4, -0.2) is 16.5 Å². The highest BCUT2D eigenvalue weighted by molar-refractivity contribution is 5.98. The van der Waals surface area contributed by atoms with E-state index in [4.69, 9.17) is 10.5 Å². The molecule has 86 valence electrons. The fourth-order valence-corrected chi connectivity index (χ4v) is 2.15. The van der Waals surface area contributed by atoms with Gasteiger partial charge in [-0.15, -0.1) is 0 Å². The first kappa shape index (κ1) is 10.1. The highest BCUT2D eigenvalue weighted by Gasteiger charge is 2.09. The predicted molar refractivity (Wildman–Crippen MR) is 67.1 cm³/mol. The van der Waals surface area contributed by atoms with E-state index in [9.17, 15) is 0 Å². The number of fused-ring (bicyclic) bond motifs is 3. The van der Waals surface area contributed by atoms with E-state index in [-0.39, 0.29) is 0 Å². The lowest BCUT2D eigenvalue weighted by Crippen LogP contribution is -2.00. The summed E-state index contributed by atoms with van der Waals surface area (Å²) in [7, 11) is 1.67. The van der Waals surface area contributed by atoms with Crippen molar-refractivity contribution in [2.45, 2.75) is 6.54 Å². The predicted octanol–water partition coefficient (Wildman–Crippen LogP) is 1.95. The zero-order valence-corrected chi connectivity index (χ0v) is 9.55. The number of nitrogens with two attached hydrogens (primary N) is 1. The highest BCUT2D eigenvalue weighted by atomic mass is 16.5. The van der Waals surface area contributed by atoms with Crippen molar-refractivity contribution in [1.29, 1.82) is 0 Å². The number of hydrogen-bond donors (Lipinski definition) is 1. The summed E-state index contributed by atoms with van der Waals surface area (Å²) < 4.78 is 7.40. The first-order chi connectivity index (χ1) is 8.35. The Bertz CT molecular complexity index is 688. The molecule has 0 saturated heterocycles. The van der Waals surface area contributed by atoms with Gasteiger partial charge in [0.25, 0.3) is 0 Å². The lowest BCUT2D eigenvalue weighted by Gasteiger charge is -2.07. The van der Waals surface area contributed by atoms with Crippen LogP contribution in [0, 0.1) is 0 Å². The van der Waals surface area contributed by atoms with Crippen molar-refractivity contribution in [3.8, 4) is 5.75 Å². The average molecular weight is 227 g/mol. The number of ether oxygens (including phenoxy) is 1. The van der Waals surface area contributed by atoms with Gasteiger partial charge in [-0.3, -0.25) is 0 Å². The van der Waals surface area contributed by atoms with Gasteiger partial charge < -0.3 is 14.9 Å². The zero-order chi connectivity index (χ0) is 11.8. The van der Waals surface area contributed by atoms with Crippen molar-refractivity contribution in [2.75, 3.05) is 7.11 Å². The molecule has 0 saturated carbocycles. The molecule has 0 aliphatic rings. The Hall–Kier alpha value is -2.07. The van der Waals surface area contributed by atoms with Gasteiger partial charge in [-0.2, -0.15) is 0 Å². The zero-order valence-electron chi connectivity index (χ0n) is 9.55. The first-order valence-corrected chi connectivity index (χ1v) is 5.47. The minimum atomic E-state index is 0.474. The normalized spacial score (nSPS) is 11.2. The Morgan fingerprint density at radius 2 is 2.24 bits per heavy atom. The van der Waals surface area contributed by atoms with Crippen LogP contribution in [0.25, 0.3) is 16.4 Å². The number of imidazole rings is 1. The number of hydrogen-bond acceptors (Lipinski definition) is 3. The maximum atomic E-state index is 5.68. The monoisotopic (exact) mass is 227 g/mol. The van der Waals surface area contributed by atoms with E-state index in [0.29, 0.717) is 6.54 Å². The van der Waals surface area contributed by atoms with Gasteiger partial charge in [-0.25, -0.2) is 4.98 Å². The summed E-state index contributed by atoms with van der Waals surface area (Å²) in [5, 5.41) is 2.14. The summed E-state index contributed by atoms with van der Waals surface area (Å²) in [4.78, 5) is 4.43. The SMILES string of the molecule is COc1cccc2ccn3c(CN)cnc3c12. The number of aromatic nitrogens is 2. The van der Waals surface area contributed by atoms with E-state index in [1.807, 2.05) is 28.8 Å². The topological polar surface area (TPSA) is 52.5 Å². The van der Waals surface area contributed by atoms with Crippen LogP contribution < -0.4 is 10.5 Å². The van der Waals surface area contributed by atoms with Crippen LogP contribution in [-0.2, 0) is 6.54 Å². The molecule has 2 aromatic heterocycles. The number of rotatable bonds is 2. The third-order valence-corrected chi connectivity index (χ3v) is 2.99. The lowest BCUT2D eigenvalue weighted by molar-refractivity contribution is 0.420. The van der Waals surface area contributed by atoms with Crippen molar-refractivity contribution in [2.24, 2.45) is 5.73 Å². The van der Waals surface area contributed by atoms with Crippen LogP contribution >= 0.6 is 0 Å². The van der Waals surface area contributed by atoms with Gasteiger partial charge in [0.05, 0.1) is 24.4 Å². The van der Waals surface area contributed by atoms with Crippen molar-refractivity contribution >= 4 is 16.4 Å². The van der Waals surface area contributed by atoms with Crippen molar-refractivity contribution in [1.82, 2.24) is 9.38 Å². The molecule has 2 N–H and O–H groups in total. The molecule has 17 heavy (non-hydrogen) atoms. The van der Waals surface area contributed by atoms with Gasteiger partial charge in [0.1, 0.15) is 11.4 Å². The molecule has 0 aliphatic heterocycles. The number of pyridine rings is 1. The quantitative estimate of drug-likeness (QED) is 0.728. The molecule has 2 heterocycles. The molecule has 0 radical (unpaired) electrons. The smallest absolute Gasteiger partial charge is 0.148 e. The summed E-state index contributed by atoms with van der Waals surface area (Å²) in [6, 6.07) is 8.02. The number of nitrogens with zero attached hydrogens (tertiary/aromatic N) is 2. The Morgan fingerprint density at radius 3 is 3.00 bits per heavy atom. The summed E-state index contributed by atoms with van der Waals surface area (Å²) in [5.41, 5.74) is 7.57. The fourth-order valence-electron chi connectivity index (χ4n) is 2.15. The second kappa shape index (κ2) is 3.75. The Balaban J connectivity index is 2.49. The van der Waals surface area contributed by atoms with Crippen LogP contribution in [0.1, 0.15) is 5.69 Å². The number of benzene rings is 1. The van der Waals surface area contributed by atoms with Crippen molar-refractivity contribution < 1.29 is 4.74 Å². The Morgan fingerprint density at radius 1 is 1.35 bits per heavy atom. The highest BCUT2D eigenvalue weighted by Crippen LogP contribution is 2.29. The standard InChI is InChI=1S/C13H13N3O/c1-17-11-4-2-3-9-5-6-16-10(7-14)8-15-13(16)12(9)11/h2-6,8H,7,14H2,1H3. The van der Waals surface area contributed by atoms with E-state index < -0.39 is 0 Å². The molecule has 3 rings (SSSR count). The maximum absolute atomic E-state index is 5.68. The van der Waals surface area contributed by atoms with Crippen LogP contribution in [0.15, 0.2) is 36.7 Å². The van der Waals surface area contributed by atoms with Crippen LogP contribution in [0.3, 0.4) is 0 Å². The molecule has 0 unspecified atom stereocenters. The molecule has 4 nitrogen and oxygen atoms in total. The molecule has 0 bridgehead atoms.